The molecular weight excluding hydrogens is 172 g/mol. The van der Waals surface area contributed by atoms with Gasteiger partial charge in [0.05, 0.1) is 12.7 Å². The molecule has 14 heavy (non-hydrogen) atoms. The first-order chi connectivity index (χ1) is 6.53. The van der Waals surface area contributed by atoms with E-state index in [1.165, 1.54) is 11.1 Å². The molecule has 1 unspecified atom stereocenters. The van der Waals surface area contributed by atoms with Crippen molar-refractivity contribution in [2.75, 3.05) is 6.61 Å². The molecule has 0 spiro atoms. The molecule has 0 radical (unpaired) electrons. The van der Waals surface area contributed by atoms with Gasteiger partial charge in [0.2, 0.25) is 0 Å². The Hall–Kier alpha value is -0.820. The van der Waals surface area contributed by atoms with E-state index in [1.54, 1.807) is 0 Å². The Labute approximate surface area is 87.2 Å². The fraction of sp³-hybridized carbons (Fsp3) is 0.538. The summed E-state index contributed by atoms with van der Waals surface area (Å²) in [4.78, 5) is 0. The van der Waals surface area contributed by atoms with Gasteiger partial charge in [-0.2, -0.15) is 0 Å². The number of hydrogen-bond acceptors (Lipinski definition) is 1. The van der Waals surface area contributed by atoms with Gasteiger partial charge in [-0.05, 0) is 25.0 Å². The van der Waals surface area contributed by atoms with Gasteiger partial charge < -0.3 is 4.74 Å². The van der Waals surface area contributed by atoms with Crippen molar-refractivity contribution in [1.82, 2.24) is 0 Å². The molecule has 0 amide bonds. The van der Waals surface area contributed by atoms with E-state index in [2.05, 4.69) is 39.5 Å². The van der Waals surface area contributed by atoms with Crippen LogP contribution in [0.15, 0.2) is 36.0 Å². The summed E-state index contributed by atoms with van der Waals surface area (Å²) in [5.74, 6) is 0. The van der Waals surface area contributed by atoms with Gasteiger partial charge in [-0.1, -0.05) is 38.7 Å². The van der Waals surface area contributed by atoms with Crippen LogP contribution in [0.5, 0.6) is 0 Å². The first-order valence-corrected chi connectivity index (χ1v) is 5.14. The fourth-order valence-corrected chi connectivity index (χ4v) is 1.87. The molecule has 0 fully saturated rings. The average molecular weight is 192 g/mol. The zero-order valence-corrected chi connectivity index (χ0v) is 9.63. The molecule has 0 aromatic rings. The minimum atomic E-state index is 0.0997. The number of allylic oxidation sites excluding steroid dienone is 2. The third-order valence-corrected chi connectivity index (χ3v) is 2.73. The predicted octanol–water partition coefficient (Wildman–Crippen LogP) is 3.49. The van der Waals surface area contributed by atoms with Gasteiger partial charge in [-0.25, -0.2) is 0 Å². The molecule has 1 rings (SSSR count). The maximum Gasteiger partial charge on any atom is 0.0799 e. The van der Waals surface area contributed by atoms with Gasteiger partial charge in [-0.3, -0.25) is 0 Å². The van der Waals surface area contributed by atoms with Crippen molar-refractivity contribution in [2.24, 2.45) is 5.41 Å². The van der Waals surface area contributed by atoms with E-state index in [4.69, 9.17) is 4.74 Å². The normalized spacial score (nSPS) is 27.0. The highest BCUT2D eigenvalue weighted by atomic mass is 16.5. The first kappa shape index (κ1) is 11.3. The zero-order valence-electron chi connectivity index (χ0n) is 9.63. The Morgan fingerprint density at radius 2 is 2.14 bits per heavy atom. The SMILES string of the molecule is C=CC1=C(/C=C\C)C(C)(C)COC1C. The van der Waals surface area contributed by atoms with Gasteiger partial charge in [0.15, 0.2) is 0 Å². The van der Waals surface area contributed by atoms with Gasteiger partial charge >= 0.3 is 0 Å². The van der Waals surface area contributed by atoms with Gasteiger partial charge in [0, 0.05) is 5.41 Å². The van der Waals surface area contributed by atoms with Gasteiger partial charge in [0.1, 0.15) is 0 Å². The first-order valence-electron chi connectivity index (χ1n) is 5.14. The predicted molar refractivity (Wildman–Crippen MR) is 61.2 cm³/mol. The van der Waals surface area contributed by atoms with E-state index >= 15 is 0 Å². The van der Waals surface area contributed by atoms with Crippen molar-refractivity contribution in [3.8, 4) is 0 Å². The van der Waals surface area contributed by atoms with Crippen molar-refractivity contribution >= 4 is 0 Å². The molecule has 0 aliphatic carbocycles. The molecule has 0 aromatic carbocycles. The molecule has 1 atom stereocenters. The lowest BCUT2D eigenvalue weighted by atomic mass is 9.78. The molecule has 0 aromatic heterocycles. The summed E-state index contributed by atoms with van der Waals surface area (Å²) in [5.41, 5.74) is 2.68. The van der Waals surface area contributed by atoms with Crippen LogP contribution < -0.4 is 0 Å². The summed E-state index contributed by atoms with van der Waals surface area (Å²) >= 11 is 0. The Kier molecular flexibility index (Phi) is 3.33. The Bertz CT molecular complexity index is 282. The van der Waals surface area contributed by atoms with E-state index in [0.717, 1.165) is 6.61 Å². The van der Waals surface area contributed by atoms with Crippen LogP contribution in [0.2, 0.25) is 0 Å². The summed E-state index contributed by atoms with van der Waals surface area (Å²) < 4.78 is 5.71. The van der Waals surface area contributed by atoms with Gasteiger partial charge in [0.25, 0.3) is 0 Å². The smallest absolute Gasteiger partial charge is 0.0799 e. The molecule has 0 saturated heterocycles. The van der Waals surface area contributed by atoms with E-state index in [9.17, 15) is 0 Å². The maximum atomic E-state index is 5.71. The van der Waals surface area contributed by atoms with Crippen LogP contribution in [0.1, 0.15) is 27.7 Å². The molecule has 0 bridgehead atoms. The highest BCUT2D eigenvalue weighted by Gasteiger charge is 2.31. The van der Waals surface area contributed by atoms with E-state index < -0.39 is 0 Å². The minimum absolute atomic E-state index is 0.0997. The second-order valence-electron chi connectivity index (χ2n) is 4.41. The third kappa shape index (κ3) is 1.98. The largest absolute Gasteiger partial charge is 0.373 e. The third-order valence-electron chi connectivity index (χ3n) is 2.73. The van der Waals surface area contributed by atoms with E-state index in [1.807, 2.05) is 13.0 Å². The minimum Gasteiger partial charge on any atom is -0.373 e. The number of rotatable bonds is 2. The maximum absolute atomic E-state index is 5.71. The monoisotopic (exact) mass is 192 g/mol. The second kappa shape index (κ2) is 4.14. The zero-order chi connectivity index (χ0) is 10.8. The molecule has 1 aliphatic rings. The van der Waals surface area contributed by atoms with Gasteiger partial charge in [-0.15, -0.1) is 0 Å². The molecule has 1 aliphatic heterocycles. The van der Waals surface area contributed by atoms with Crippen LogP contribution in [0, 0.1) is 5.41 Å². The van der Waals surface area contributed by atoms with Crippen LogP contribution in [0.4, 0.5) is 0 Å². The highest BCUT2D eigenvalue weighted by Crippen LogP contribution is 2.37. The molecule has 1 nitrogen and oxygen atoms in total. The van der Waals surface area contributed by atoms with Crippen LogP contribution >= 0.6 is 0 Å². The molecule has 1 heteroatoms. The molecular formula is C13H20O. The van der Waals surface area contributed by atoms with Crippen molar-refractivity contribution in [1.29, 1.82) is 0 Å². The van der Waals surface area contributed by atoms with E-state index in [-0.39, 0.29) is 11.5 Å². The number of hydrogen-bond donors (Lipinski definition) is 0. The average Bonchev–Trinajstić information content (AvgIpc) is 2.13. The molecule has 78 valence electrons. The molecule has 0 N–H and O–H groups in total. The number of ether oxygens (including phenoxy) is 1. The van der Waals surface area contributed by atoms with Crippen LogP contribution in [-0.4, -0.2) is 12.7 Å². The lowest BCUT2D eigenvalue weighted by Crippen LogP contribution is -2.32. The van der Waals surface area contributed by atoms with Crippen LogP contribution in [-0.2, 0) is 4.74 Å². The summed E-state index contributed by atoms with van der Waals surface area (Å²) in [5, 5.41) is 0. The Morgan fingerprint density at radius 3 is 2.64 bits per heavy atom. The fourth-order valence-electron chi connectivity index (χ4n) is 1.87. The summed E-state index contributed by atoms with van der Waals surface area (Å²) in [6, 6.07) is 0. The van der Waals surface area contributed by atoms with Crippen molar-refractivity contribution in [3.63, 3.8) is 0 Å². The Morgan fingerprint density at radius 1 is 1.50 bits per heavy atom. The van der Waals surface area contributed by atoms with Crippen molar-refractivity contribution in [3.05, 3.63) is 36.0 Å². The molecule has 0 saturated carbocycles. The lowest BCUT2D eigenvalue weighted by molar-refractivity contribution is 0.0289. The van der Waals surface area contributed by atoms with Crippen molar-refractivity contribution in [2.45, 2.75) is 33.8 Å². The summed E-state index contributed by atoms with van der Waals surface area (Å²) in [7, 11) is 0. The molecule has 1 heterocycles. The van der Waals surface area contributed by atoms with Crippen LogP contribution in [0.3, 0.4) is 0 Å². The second-order valence-corrected chi connectivity index (χ2v) is 4.41. The van der Waals surface area contributed by atoms with Crippen LogP contribution in [0.25, 0.3) is 0 Å². The highest BCUT2D eigenvalue weighted by molar-refractivity contribution is 5.40. The standard InChI is InChI=1S/C13H20O/c1-6-8-12-11(7-2)10(3)14-9-13(12,4)5/h6-8,10H,2,9H2,1,3-5H3/b8-6-. The lowest BCUT2D eigenvalue weighted by Gasteiger charge is -2.36. The van der Waals surface area contributed by atoms with E-state index in [0.29, 0.717) is 0 Å². The topological polar surface area (TPSA) is 9.23 Å². The summed E-state index contributed by atoms with van der Waals surface area (Å²) in [6.07, 6.45) is 6.35. The summed E-state index contributed by atoms with van der Waals surface area (Å²) in [6.45, 7) is 13.2. The Balaban J connectivity index is 3.22. The van der Waals surface area contributed by atoms with Crippen molar-refractivity contribution < 1.29 is 4.74 Å². The quantitative estimate of drug-likeness (QED) is 0.650.